The molecule has 2 rings (SSSR count). The summed E-state index contributed by atoms with van der Waals surface area (Å²) < 4.78 is 2.53. The molecule has 0 bridgehead atoms. The van der Waals surface area contributed by atoms with Crippen LogP contribution < -0.4 is 11.1 Å². The Labute approximate surface area is 147 Å². The summed E-state index contributed by atoms with van der Waals surface area (Å²) in [5.41, 5.74) is 8.73. The number of carbonyl (C=O) groups is 1. The number of hydrogen-bond donors (Lipinski definition) is 2. The van der Waals surface area contributed by atoms with Gasteiger partial charge in [-0.05, 0) is 69.2 Å². The zero-order valence-electron chi connectivity index (χ0n) is 10.5. The van der Waals surface area contributed by atoms with Gasteiger partial charge in [0.2, 0.25) is 0 Å². The highest BCUT2D eigenvalue weighted by atomic mass is 127. The molecule has 3 nitrogen and oxygen atoms in total. The first kappa shape index (κ1) is 15.8. The molecule has 104 valence electrons. The van der Waals surface area contributed by atoms with Crippen LogP contribution in [0.5, 0.6) is 0 Å². The van der Waals surface area contributed by atoms with E-state index in [1.807, 2.05) is 25.1 Å². The van der Waals surface area contributed by atoms with Crippen LogP contribution in [0.2, 0.25) is 0 Å². The quantitative estimate of drug-likeness (QED) is 0.444. The molecule has 1 amide bonds. The van der Waals surface area contributed by atoms with Gasteiger partial charge < -0.3 is 11.1 Å². The van der Waals surface area contributed by atoms with Crippen molar-refractivity contribution in [2.75, 3.05) is 11.1 Å². The van der Waals surface area contributed by atoms with E-state index in [0.29, 0.717) is 16.9 Å². The lowest BCUT2D eigenvalue weighted by Gasteiger charge is -2.12. The van der Waals surface area contributed by atoms with E-state index < -0.39 is 0 Å². The largest absolute Gasteiger partial charge is 0.397 e. The smallest absolute Gasteiger partial charge is 0.256 e. The van der Waals surface area contributed by atoms with Crippen molar-refractivity contribution < 1.29 is 4.79 Å². The molecule has 0 aliphatic heterocycles. The summed E-state index contributed by atoms with van der Waals surface area (Å²) >= 11 is 8.94. The van der Waals surface area contributed by atoms with Crippen LogP contribution in [-0.4, -0.2) is 5.91 Å². The lowest BCUT2D eigenvalue weighted by Crippen LogP contribution is -2.15. The maximum absolute atomic E-state index is 12.4. The Bertz CT molecular complexity index is 666. The first-order valence-corrected chi connectivity index (χ1v) is 8.37. The molecule has 20 heavy (non-hydrogen) atoms. The molecule has 0 aromatic heterocycles. The van der Waals surface area contributed by atoms with Crippen LogP contribution in [0.3, 0.4) is 0 Å². The van der Waals surface area contributed by atoms with Gasteiger partial charge in [-0.1, -0.05) is 28.1 Å². The maximum Gasteiger partial charge on any atom is 0.256 e. The summed E-state index contributed by atoms with van der Waals surface area (Å²) in [4.78, 5) is 12.4. The summed E-state index contributed by atoms with van der Waals surface area (Å²) in [5.74, 6) is -0.173. The van der Waals surface area contributed by atoms with Gasteiger partial charge in [-0.3, -0.25) is 4.79 Å². The van der Waals surface area contributed by atoms with Crippen LogP contribution in [-0.2, 0) is 0 Å². The Balaban J connectivity index is 2.36. The Morgan fingerprint density at radius 2 is 2.00 bits per heavy atom. The number of nitrogens with one attached hydrogen (secondary N) is 1. The molecule has 0 spiro atoms. The molecule has 0 saturated heterocycles. The van der Waals surface area contributed by atoms with Gasteiger partial charge in [0.15, 0.2) is 0 Å². The molecule has 0 fully saturated rings. The fraction of sp³-hybridized carbons (Fsp3) is 0.0714. The monoisotopic (exact) mass is 508 g/mol. The van der Waals surface area contributed by atoms with Crippen molar-refractivity contribution in [3.8, 4) is 0 Å². The van der Waals surface area contributed by atoms with Crippen LogP contribution in [0, 0.1) is 10.5 Å². The summed E-state index contributed by atoms with van der Waals surface area (Å²) in [6.07, 6.45) is 0. The lowest BCUT2D eigenvalue weighted by atomic mass is 10.1. The van der Waals surface area contributed by atoms with E-state index in [1.54, 1.807) is 12.1 Å². The molecule has 0 radical (unpaired) electrons. The molecule has 6 heteroatoms. The third kappa shape index (κ3) is 3.35. The van der Waals surface area contributed by atoms with Gasteiger partial charge in [0.05, 0.1) is 16.9 Å². The highest BCUT2D eigenvalue weighted by molar-refractivity contribution is 14.1. The number of rotatable bonds is 2. The van der Waals surface area contributed by atoms with Gasteiger partial charge in [-0.25, -0.2) is 0 Å². The minimum Gasteiger partial charge on any atom is -0.397 e. The number of halogens is 3. The molecule has 2 aromatic rings. The second-order valence-electron chi connectivity index (χ2n) is 4.24. The van der Waals surface area contributed by atoms with Gasteiger partial charge in [0.25, 0.3) is 5.91 Å². The number of amides is 1. The van der Waals surface area contributed by atoms with Gasteiger partial charge >= 0.3 is 0 Å². The fourth-order valence-electron chi connectivity index (χ4n) is 1.73. The number of carbonyl (C=O) groups excluding carboxylic acids is 1. The maximum atomic E-state index is 12.4. The Morgan fingerprint density at radius 1 is 1.30 bits per heavy atom. The lowest BCUT2D eigenvalue weighted by molar-refractivity contribution is 0.102. The topological polar surface area (TPSA) is 55.1 Å². The molecule has 0 aliphatic rings. The fourth-order valence-corrected chi connectivity index (χ4v) is 3.69. The standard InChI is InChI=1S/C14H11Br2IN2O/c1-7-3-2-4-9(12(7)17)14(20)19-13-10(16)5-8(15)6-11(13)18/h2-6H,18H2,1H3,(H,19,20). The van der Waals surface area contributed by atoms with Crippen molar-refractivity contribution in [3.63, 3.8) is 0 Å². The van der Waals surface area contributed by atoms with Crippen LogP contribution in [0.15, 0.2) is 39.3 Å². The van der Waals surface area contributed by atoms with E-state index in [1.165, 1.54) is 0 Å². The van der Waals surface area contributed by atoms with Crippen LogP contribution in [0.25, 0.3) is 0 Å². The highest BCUT2D eigenvalue weighted by Gasteiger charge is 2.14. The first-order chi connectivity index (χ1) is 9.40. The first-order valence-electron chi connectivity index (χ1n) is 5.71. The van der Waals surface area contributed by atoms with Crippen molar-refractivity contribution in [2.45, 2.75) is 6.92 Å². The summed E-state index contributed by atoms with van der Waals surface area (Å²) in [5, 5.41) is 2.85. The predicted molar refractivity (Wildman–Crippen MR) is 98.1 cm³/mol. The third-order valence-corrected chi connectivity index (χ3v) is 5.28. The highest BCUT2D eigenvalue weighted by Crippen LogP contribution is 2.33. The second kappa shape index (κ2) is 6.44. The summed E-state index contributed by atoms with van der Waals surface area (Å²) in [6, 6.07) is 9.23. The van der Waals surface area contributed by atoms with Gasteiger partial charge in [0.1, 0.15) is 0 Å². The van der Waals surface area contributed by atoms with E-state index in [4.69, 9.17) is 5.73 Å². The normalized spacial score (nSPS) is 10.4. The number of hydrogen-bond acceptors (Lipinski definition) is 2. The van der Waals surface area contributed by atoms with Crippen molar-refractivity contribution in [1.82, 2.24) is 0 Å². The zero-order chi connectivity index (χ0) is 14.9. The number of nitrogens with two attached hydrogens (primary N) is 1. The minimum atomic E-state index is -0.173. The van der Waals surface area contributed by atoms with E-state index >= 15 is 0 Å². The van der Waals surface area contributed by atoms with Crippen LogP contribution in [0.1, 0.15) is 15.9 Å². The van der Waals surface area contributed by atoms with Crippen molar-refractivity contribution in [2.24, 2.45) is 0 Å². The molecular formula is C14H11Br2IN2O. The number of anilines is 2. The molecule has 3 N–H and O–H groups in total. The summed E-state index contributed by atoms with van der Waals surface area (Å²) in [6.45, 7) is 1.97. The van der Waals surface area contributed by atoms with Crippen molar-refractivity contribution in [3.05, 3.63) is 54.0 Å². The summed E-state index contributed by atoms with van der Waals surface area (Å²) in [7, 11) is 0. The molecule has 0 atom stereocenters. The molecule has 0 saturated carbocycles. The van der Waals surface area contributed by atoms with Gasteiger partial charge in [0, 0.05) is 12.5 Å². The average molecular weight is 510 g/mol. The van der Waals surface area contributed by atoms with Crippen LogP contribution in [0.4, 0.5) is 11.4 Å². The number of benzene rings is 2. The van der Waals surface area contributed by atoms with E-state index in [0.717, 1.165) is 18.1 Å². The van der Waals surface area contributed by atoms with E-state index in [-0.39, 0.29) is 5.91 Å². The molecular weight excluding hydrogens is 499 g/mol. The van der Waals surface area contributed by atoms with E-state index in [2.05, 4.69) is 59.8 Å². The van der Waals surface area contributed by atoms with Crippen LogP contribution >= 0.6 is 54.5 Å². The van der Waals surface area contributed by atoms with E-state index in [9.17, 15) is 4.79 Å². The van der Waals surface area contributed by atoms with Crippen molar-refractivity contribution >= 4 is 71.7 Å². The molecule has 0 heterocycles. The Hall–Kier alpha value is -0.600. The average Bonchev–Trinajstić information content (AvgIpc) is 2.36. The molecule has 2 aromatic carbocycles. The Kier molecular flexibility index (Phi) is 5.09. The SMILES string of the molecule is Cc1cccc(C(=O)Nc2c(N)cc(Br)cc2Br)c1I. The molecule has 0 aliphatic carbocycles. The predicted octanol–water partition coefficient (Wildman–Crippen LogP) is 4.96. The van der Waals surface area contributed by atoms with Crippen molar-refractivity contribution in [1.29, 1.82) is 0 Å². The zero-order valence-corrected chi connectivity index (χ0v) is 15.8. The second-order valence-corrected chi connectivity index (χ2v) is 7.09. The number of aryl methyl sites for hydroxylation is 1. The van der Waals surface area contributed by atoms with Gasteiger partial charge in [-0.2, -0.15) is 0 Å². The van der Waals surface area contributed by atoms with Gasteiger partial charge in [-0.15, -0.1) is 0 Å². The third-order valence-electron chi connectivity index (χ3n) is 2.76. The Morgan fingerprint density at radius 3 is 2.65 bits per heavy atom. The molecule has 0 unspecified atom stereocenters. The number of nitrogen functional groups attached to an aromatic ring is 1. The minimum absolute atomic E-state index is 0.173.